The van der Waals surface area contributed by atoms with Gasteiger partial charge in [0.05, 0.1) is 0 Å². The van der Waals surface area contributed by atoms with Gasteiger partial charge in [0.2, 0.25) is 0 Å². The van der Waals surface area contributed by atoms with Gasteiger partial charge in [-0.3, -0.25) is 0 Å². The van der Waals surface area contributed by atoms with Crippen LogP contribution in [0.1, 0.15) is 29.8 Å². The first-order chi connectivity index (χ1) is 8.72. The highest BCUT2D eigenvalue weighted by Gasteiger charge is 2.26. The Kier molecular flexibility index (Phi) is 4.09. The van der Waals surface area contributed by atoms with Crippen LogP contribution in [0.15, 0.2) is 12.4 Å². The van der Waals surface area contributed by atoms with Crippen molar-refractivity contribution in [3.63, 3.8) is 0 Å². The lowest BCUT2D eigenvalue weighted by Crippen LogP contribution is -2.22. The molecule has 1 aromatic heterocycles. The van der Waals surface area contributed by atoms with Gasteiger partial charge < -0.3 is 15.5 Å². The van der Waals surface area contributed by atoms with Crippen LogP contribution in [0, 0.1) is 11.8 Å². The van der Waals surface area contributed by atoms with Crippen molar-refractivity contribution in [2.75, 3.05) is 18.5 Å². The van der Waals surface area contributed by atoms with Crippen molar-refractivity contribution in [2.45, 2.75) is 19.3 Å². The number of carbonyl (C=O) groups is 1. The Hall–Kier alpha value is -1.69. The van der Waals surface area contributed by atoms with Crippen LogP contribution in [0.2, 0.25) is 0 Å². The van der Waals surface area contributed by atoms with Crippen LogP contribution in [0.3, 0.4) is 0 Å². The van der Waals surface area contributed by atoms with E-state index < -0.39 is 5.97 Å². The minimum Gasteiger partial charge on any atom is -0.476 e. The summed E-state index contributed by atoms with van der Waals surface area (Å²) < 4.78 is 0. The number of aromatic nitrogens is 2. The molecule has 1 heterocycles. The van der Waals surface area contributed by atoms with Crippen LogP contribution in [0.25, 0.3) is 0 Å². The third-order valence-corrected chi connectivity index (χ3v) is 3.48. The van der Waals surface area contributed by atoms with Gasteiger partial charge in [0.15, 0.2) is 11.5 Å². The Balaban J connectivity index is 2.00. The molecule has 3 N–H and O–H groups in total. The Morgan fingerprint density at radius 2 is 2.06 bits per heavy atom. The minimum atomic E-state index is -1.09. The lowest BCUT2D eigenvalue weighted by Gasteiger charge is -2.18. The number of aromatic carboxylic acids is 1. The average Bonchev–Trinajstić information content (AvgIpc) is 2.84. The highest BCUT2D eigenvalue weighted by atomic mass is 16.4. The number of aliphatic hydroxyl groups excluding tert-OH is 1. The number of hydrogen-bond acceptors (Lipinski definition) is 5. The standard InChI is InChI=1S/C12H17N3O3/c16-7-9-3-1-2-8(9)6-15-11-10(12(17)18)13-4-5-14-11/h4-5,8-9,16H,1-3,6-7H2,(H,14,15)(H,17,18). The number of anilines is 1. The third kappa shape index (κ3) is 2.76. The van der Waals surface area contributed by atoms with Gasteiger partial charge in [-0.25, -0.2) is 14.8 Å². The fourth-order valence-corrected chi connectivity index (χ4v) is 2.47. The van der Waals surface area contributed by atoms with E-state index in [9.17, 15) is 9.90 Å². The quantitative estimate of drug-likeness (QED) is 0.722. The molecule has 6 nitrogen and oxygen atoms in total. The molecule has 0 aromatic carbocycles. The lowest BCUT2D eigenvalue weighted by atomic mass is 9.97. The number of nitrogens with one attached hydrogen (secondary N) is 1. The van der Waals surface area contributed by atoms with Crippen LogP contribution in [-0.2, 0) is 0 Å². The van der Waals surface area contributed by atoms with Crippen LogP contribution in [0.4, 0.5) is 5.82 Å². The summed E-state index contributed by atoms with van der Waals surface area (Å²) in [5.74, 6) is -0.106. The molecule has 0 spiro atoms. The van der Waals surface area contributed by atoms with Crippen LogP contribution in [0.5, 0.6) is 0 Å². The highest BCUT2D eigenvalue weighted by molar-refractivity contribution is 5.90. The second-order valence-corrected chi connectivity index (χ2v) is 4.57. The highest BCUT2D eigenvalue weighted by Crippen LogP contribution is 2.31. The van der Waals surface area contributed by atoms with Crippen molar-refractivity contribution in [2.24, 2.45) is 11.8 Å². The number of hydrogen-bond donors (Lipinski definition) is 3. The minimum absolute atomic E-state index is 0.0592. The maximum absolute atomic E-state index is 11.0. The molecular formula is C12H17N3O3. The molecule has 1 aliphatic rings. The van der Waals surface area contributed by atoms with Crippen molar-refractivity contribution >= 4 is 11.8 Å². The van der Waals surface area contributed by atoms with Gasteiger partial charge in [0.1, 0.15) is 0 Å². The zero-order valence-corrected chi connectivity index (χ0v) is 10.0. The summed E-state index contributed by atoms with van der Waals surface area (Å²) in [7, 11) is 0. The summed E-state index contributed by atoms with van der Waals surface area (Å²) in [6.07, 6.45) is 6.04. The zero-order valence-electron chi connectivity index (χ0n) is 10.0. The second-order valence-electron chi connectivity index (χ2n) is 4.57. The van der Waals surface area contributed by atoms with Gasteiger partial charge in [-0.15, -0.1) is 0 Å². The van der Waals surface area contributed by atoms with Crippen molar-refractivity contribution < 1.29 is 15.0 Å². The molecule has 0 bridgehead atoms. The number of rotatable bonds is 5. The van der Waals surface area contributed by atoms with Gasteiger partial charge in [-0.2, -0.15) is 0 Å². The Labute approximate surface area is 105 Å². The van der Waals surface area contributed by atoms with E-state index >= 15 is 0 Å². The summed E-state index contributed by atoms with van der Waals surface area (Å²) >= 11 is 0. The average molecular weight is 251 g/mol. The van der Waals surface area contributed by atoms with E-state index in [2.05, 4.69) is 15.3 Å². The maximum atomic E-state index is 11.0. The van der Waals surface area contributed by atoms with Crippen molar-refractivity contribution in [3.05, 3.63) is 18.1 Å². The number of carboxylic acids is 1. The number of aliphatic hydroxyl groups is 1. The molecule has 1 fully saturated rings. The fourth-order valence-electron chi connectivity index (χ4n) is 2.47. The molecule has 2 atom stereocenters. The number of nitrogens with zero attached hydrogens (tertiary/aromatic N) is 2. The monoisotopic (exact) mass is 251 g/mol. The summed E-state index contributed by atoms with van der Waals surface area (Å²) in [6.45, 7) is 0.822. The molecule has 6 heteroatoms. The summed E-state index contributed by atoms with van der Waals surface area (Å²) in [6, 6.07) is 0. The summed E-state index contributed by atoms with van der Waals surface area (Å²) in [5.41, 5.74) is -0.0592. The van der Waals surface area contributed by atoms with Crippen molar-refractivity contribution in [1.82, 2.24) is 9.97 Å². The molecule has 0 aliphatic heterocycles. The predicted molar refractivity (Wildman–Crippen MR) is 65.4 cm³/mol. The molecule has 1 aromatic rings. The van der Waals surface area contributed by atoms with E-state index in [1.807, 2.05) is 0 Å². The molecule has 0 saturated heterocycles. The smallest absolute Gasteiger partial charge is 0.358 e. The van der Waals surface area contributed by atoms with Gasteiger partial charge in [-0.05, 0) is 24.7 Å². The zero-order chi connectivity index (χ0) is 13.0. The molecule has 18 heavy (non-hydrogen) atoms. The first-order valence-corrected chi connectivity index (χ1v) is 6.11. The first-order valence-electron chi connectivity index (χ1n) is 6.11. The fraction of sp³-hybridized carbons (Fsp3) is 0.583. The third-order valence-electron chi connectivity index (χ3n) is 3.48. The molecule has 0 radical (unpaired) electrons. The largest absolute Gasteiger partial charge is 0.476 e. The maximum Gasteiger partial charge on any atom is 0.358 e. The molecular weight excluding hydrogens is 234 g/mol. The SMILES string of the molecule is O=C(O)c1nccnc1NCC1CCCC1CO. The van der Waals surface area contributed by atoms with Crippen molar-refractivity contribution in [1.29, 1.82) is 0 Å². The molecule has 1 saturated carbocycles. The molecule has 1 aliphatic carbocycles. The Morgan fingerprint density at radius 3 is 2.78 bits per heavy atom. The molecule has 0 amide bonds. The molecule has 2 rings (SSSR count). The second kappa shape index (κ2) is 5.77. The van der Waals surface area contributed by atoms with Gasteiger partial charge in [0.25, 0.3) is 0 Å². The van der Waals surface area contributed by atoms with E-state index in [0.717, 1.165) is 19.3 Å². The van der Waals surface area contributed by atoms with E-state index in [1.54, 1.807) is 0 Å². The van der Waals surface area contributed by atoms with Crippen molar-refractivity contribution in [3.8, 4) is 0 Å². The summed E-state index contributed by atoms with van der Waals surface area (Å²) in [4.78, 5) is 18.7. The summed E-state index contributed by atoms with van der Waals surface area (Å²) in [5, 5.41) is 21.2. The first kappa shape index (κ1) is 12.8. The van der Waals surface area contributed by atoms with Gasteiger partial charge in [-0.1, -0.05) is 6.42 Å². The van der Waals surface area contributed by atoms with Gasteiger partial charge in [0, 0.05) is 25.5 Å². The van der Waals surface area contributed by atoms with Gasteiger partial charge >= 0.3 is 5.97 Å². The molecule has 98 valence electrons. The van der Waals surface area contributed by atoms with Crippen LogP contribution < -0.4 is 5.32 Å². The van der Waals surface area contributed by atoms with E-state index in [4.69, 9.17) is 5.11 Å². The van der Waals surface area contributed by atoms with Crippen LogP contribution in [-0.4, -0.2) is 39.3 Å². The molecule has 2 unspecified atom stereocenters. The van der Waals surface area contributed by atoms with E-state index in [0.29, 0.717) is 24.2 Å². The number of carboxylic acid groups (broad SMARTS) is 1. The predicted octanol–water partition coefficient (Wildman–Crippen LogP) is 0.995. The Morgan fingerprint density at radius 1 is 1.33 bits per heavy atom. The topological polar surface area (TPSA) is 95.3 Å². The van der Waals surface area contributed by atoms with E-state index in [-0.39, 0.29) is 12.3 Å². The Bertz CT molecular complexity index is 425. The lowest BCUT2D eigenvalue weighted by molar-refractivity contribution is 0.0691. The van der Waals surface area contributed by atoms with Crippen LogP contribution >= 0.6 is 0 Å². The normalized spacial score (nSPS) is 22.9. The van der Waals surface area contributed by atoms with E-state index in [1.165, 1.54) is 12.4 Å².